The smallest absolute Gasteiger partial charge is 0.0235 e. The van der Waals surface area contributed by atoms with Crippen LogP contribution in [0.4, 0.5) is 0 Å². The molecule has 2 heterocycles. The Morgan fingerprint density at radius 3 is 2.39 bits per heavy atom. The molecule has 104 valence electrons. The maximum absolute atomic E-state index is 4.59. The summed E-state index contributed by atoms with van der Waals surface area (Å²) in [5, 5.41) is 0. The molecule has 0 aromatic heterocycles. The van der Waals surface area contributed by atoms with Gasteiger partial charge in [-0.05, 0) is 62.9 Å². The van der Waals surface area contributed by atoms with Gasteiger partial charge in [0.15, 0.2) is 0 Å². The SMILES string of the molecule is SCC1(CN2CCC(N3CCCCC3)C2)CCC1. The van der Waals surface area contributed by atoms with Crippen LogP contribution in [-0.2, 0) is 0 Å². The van der Waals surface area contributed by atoms with E-state index in [1.807, 2.05) is 0 Å². The summed E-state index contributed by atoms with van der Waals surface area (Å²) in [6, 6.07) is 0.863. The van der Waals surface area contributed by atoms with Crippen LogP contribution in [0.1, 0.15) is 44.9 Å². The molecule has 0 bridgehead atoms. The summed E-state index contributed by atoms with van der Waals surface area (Å²) in [6.07, 6.45) is 9.99. The second-order valence-corrected chi connectivity index (χ2v) is 7.10. The van der Waals surface area contributed by atoms with Crippen molar-refractivity contribution in [3.05, 3.63) is 0 Å². The molecule has 0 N–H and O–H groups in total. The highest BCUT2D eigenvalue weighted by atomic mass is 32.1. The first kappa shape index (κ1) is 13.3. The van der Waals surface area contributed by atoms with E-state index in [0.717, 1.165) is 11.8 Å². The van der Waals surface area contributed by atoms with Crippen molar-refractivity contribution in [2.75, 3.05) is 38.5 Å². The molecule has 3 fully saturated rings. The number of nitrogens with zero attached hydrogens (tertiary/aromatic N) is 2. The molecule has 0 radical (unpaired) electrons. The zero-order valence-electron chi connectivity index (χ0n) is 11.6. The lowest BCUT2D eigenvalue weighted by molar-refractivity contribution is 0.0946. The molecule has 2 nitrogen and oxygen atoms in total. The van der Waals surface area contributed by atoms with Crippen molar-refractivity contribution in [2.45, 2.75) is 51.0 Å². The molecule has 1 saturated carbocycles. The van der Waals surface area contributed by atoms with Gasteiger partial charge < -0.3 is 4.90 Å². The highest BCUT2D eigenvalue weighted by Crippen LogP contribution is 2.43. The number of thiol groups is 1. The lowest BCUT2D eigenvalue weighted by Gasteiger charge is -2.43. The monoisotopic (exact) mass is 268 g/mol. The van der Waals surface area contributed by atoms with E-state index in [1.165, 1.54) is 77.7 Å². The van der Waals surface area contributed by atoms with Crippen LogP contribution in [-0.4, -0.2) is 54.3 Å². The highest BCUT2D eigenvalue weighted by Gasteiger charge is 2.39. The first-order chi connectivity index (χ1) is 8.81. The van der Waals surface area contributed by atoms with Crippen LogP contribution in [0.15, 0.2) is 0 Å². The molecule has 1 aliphatic carbocycles. The number of rotatable bonds is 4. The molecular weight excluding hydrogens is 240 g/mol. The standard InChI is InChI=1S/C15H28N2S/c18-13-15(6-4-7-15)12-16-10-5-14(11-16)17-8-2-1-3-9-17/h14,18H,1-13H2. The van der Waals surface area contributed by atoms with Gasteiger partial charge in [-0.1, -0.05) is 12.8 Å². The minimum atomic E-state index is 0.583. The minimum Gasteiger partial charge on any atom is -0.301 e. The molecule has 2 aliphatic heterocycles. The van der Waals surface area contributed by atoms with Crippen molar-refractivity contribution >= 4 is 12.6 Å². The van der Waals surface area contributed by atoms with E-state index in [2.05, 4.69) is 22.4 Å². The van der Waals surface area contributed by atoms with E-state index in [0.29, 0.717) is 5.41 Å². The molecule has 3 aliphatic rings. The summed E-state index contributed by atoms with van der Waals surface area (Å²) in [5.41, 5.74) is 0.583. The van der Waals surface area contributed by atoms with Gasteiger partial charge in [-0.2, -0.15) is 12.6 Å². The molecule has 18 heavy (non-hydrogen) atoms. The molecule has 0 spiro atoms. The summed E-state index contributed by atoms with van der Waals surface area (Å²) in [7, 11) is 0. The molecule has 2 saturated heterocycles. The topological polar surface area (TPSA) is 6.48 Å². The normalized spacial score (nSPS) is 33.5. The van der Waals surface area contributed by atoms with Crippen LogP contribution in [0.3, 0.4) is 0 Å². The van der Waals surface area contributed by atoms with Gasteiger partial charge in [-0.15, -0.1) is 0 Å². The van der Waals surface area contributed by atoms with Crippen LogP contribution in [0, 0.1) is 5.41 Å². The van der Waals surface area contributed by atoms with E-state index in [-0.39, 0.29) is 0 Å². The average Bonchev–Trinajstić information content (AvgIpc) is 2.83. The first-order valence-electron chi connectivity index (χ1n) is 7.89. The Morgan fingerprint density at radius 2 is 1.78 bits per heavy atom. The largest absolute Gasteiger partial charge is 0.301 e. The number of hydrogen-bond donors (Lipinski definition) is 1. The fraction of sp³-hybridized carbons (Fsp3) is 1.00. The fourth-order valence-electron chi connectivity index (χ4n) is 4.05. The Kier molecular flexibility index (Phi) is 4.21. The summed E-state index contributed by atoms with van der Waals surface area (Å²) >= 11 is 4.59. The minimum absolute atomic E-state index is 0.583. The lowest BCUT2D eigenvalue weighted by Crippen LogP contribution is -2.45. The van der Waals surface area contributed by atoms with Crippen LogP contribution < -0.4 is 0 Å². The molecule has 1 atom stereocenters. The Morgan fingerprint density at radius 1 is 1.00 bits per heavy atom. The molecular formula is C15H28N2S. The number of likely N-dealkylation sites (tertiary alicyclic amines) is 2. The second-order valence-electron chi connectivity index (χ2n) is 6.79. The van der Waals surface area contributed by atoms with Gasteiger partial charge in [-0.25, -0.2) is 0 Å². The maximum atomic E-state index is 4.59. The summed E-state index contributed by atoms with van der Waals surface area (Å²) in [5.74, 6) is 1.10. The van der Waals surface area contributed by atoms with Crippen molar-refractivity contribution < 1.29 is 0 Å². The molecule has 1 unspecified atom stereocenters. The maximum Gasteiger partial charge on any atom is 0.0235 e. The van der Waals surface area contributed by atoms with Crippen molar-refractivity contribution in [1.82, 2.24) is 9.80 Å². The van der Waals surface area contributed by atoms with Gasteiger partial charge in [0, 0.05) is 19.1 Å². The van der Waals surface area contributed by atoms with Crippen molar-refractivity contribution in [3.63, 3.8) is 0 Å². The third-order valence-corrected chi connectivity index (χ3v) is 6.13. The van der Waals surface area contributed by atoms with E-state index >= 15 is 0 Å². The third kappa shape index (κ3) is 2.73. The van der Waals surface area contributed by atoms with Crippen molar-refractivity contribution in [3.8, 4) is 0 Å². The van der Waals surface area contributed by atoms with E-state index < -0.39 is 0 Å². The van der Waals surface area contributed by atoms with Gasteiger partial charge in [0.1, 0.15) is 0 Å². The van der Waals surface area contributed by atoms with Crippen LogP contribution in [0.5, 0.6) is 0 Å². The zero-order chi connectivity index (χ0) is 12.4. The van der Waals surface area contributed by atoms with E-state index in [1.54, 1.807) is 0 Å². The van der Waals surface area contributed by atoms with Crippen LogP contribution >= 0.6 is 12.6 Å². The number of hydrogen-bond acceptors (Lipinski definition) is 3. The average molecular weight is 268 g/mol. The highest BCUT2D eigenvalue weighted by molar-refractivity contribution is 7.80. The lowest BCUT2D eigenvalue weighted by atomic mass is 9.70. The van der Waals surface area contributed by atoms with Crippen molar-refractivity contribution in [1.29, 1.82) is 0 Å². The molecule has 3 heteroatoms. The molecule has 0 aromatic carbocycles. The molecule has 0 amide bonds. The van der Waals surface area contributed by atoms with Gasteiger partial charge in [0.25, 0.3) is 0 Å². The van der Waals surface area contributed by atoms with Crippen molar-refractivity contribution in [2.24, 2.45) is 5.41 Å². The Balaban J connectivity index is 1.48. The van der Waals surface area contributed by atoms with Crippen LogP contribution in [0.25, 0.3) is 0 Å². The molecule has 3 rings (SSSR count). The van der Waals surface area contributed by atoms with E-state index in [9.17, 15) is 0 Å². The Hall–Kier alpha value is 0.270. The summed E-state index contributed by atoms with van der Waals surface area (Å²) in [6.45, 7) is 6.69. The summed E-state index contributed by atoms with van der Waals surface area (Å²) in [4.78, 5) is 5.49. The Bertz CT molecular complexity index is 266. The quantitative estimate of drug-likeness (QED) is 0.783. The zero-order valence-corrected chi connectivity index (χ0v) is 12.5. The van der Waals surface area contributed by atoms with Gasteiger partial charge >= 0.3 is 0 Å². The molecule has 0 aromatic rings. The van der Waals surface area contributed by atoms with E-state index in [4.69, 9.17) is 0 Å². The van der Waals surface area contributed by atoms with Gasteiger partial charge in [0.05, 0.1) is 0 Å². The first-order valence-corrected chi connectivity index (χ1v) is 8.52. The van der Waals surface area contributed by atoms with Gasteiger partial charge in [-0.3, -0.25) is 4.90 Å². The predicted molar refractivity (Wildman–Crippen MR) is 80.4 cm³/mol. The fourth-order valence-corrected chi connectivity index (χ4v) is 4.47. The summed E-state index contributed by atoms with van der Waals surface area (Å²) < 4.78 is 0. The van der Waals surface area contributed by atoms with Gasteiger partial charge in [0.2, 0.25) is 0 Å². The Labute approximate surface area is 118 Å². The van der Waals surface area contributed by atoms with Crippen LogP contribution in [0.2, 0.25) is 0 Å². The number of piperidine rings is 1. The second kappa shape index (κ2) is 5.72. The predicted octanol–water partition coefficient (Wildman–Crippen LogP) is 2.65. The third-order valence-electron chi connectivity index (χ3n) is 5.46.